The Morgan fingerprint density at radius 3 is 2.89 bits per heavy atom. The van der Waals surface area contributed by atoms with Crippen LogP contribution >= 0.6 is 11.8 Å². The highest BCUT2D eigenvalue weighted by molar-refractivity contribution is 7.99. The van der Waals surface area contributed by atoms with Crippen molar-refractivity contribution in [3.63, 3.8) is 0 Å². The van der Waals surface area contributed by atoms with Crippen LogP contribution in [0.3, 0.4) is 0 Å². The third kappa shape index (κ3) is 8.27. The summed E-state index contributed by atoms with van der Waals surface area (Å²) in [6.45, 7) is 3.61. The van der Waals surface area contributed by atoms with Gasteiger partial charge in [0.15, 0.2) is 0 Å². The van der Waals surface area contributed by atoms with E-state index in [0.29, 0.717) is 0 Å². The van der Waals surface area contributed by atoms with Gasteiger partial charge in [-0.1, -0.05) is 0 Å². The molecule has 0 fully saturated rings. The van der Waals surface area contributed by atoms with E-state index in [1.165, 1.54) is 0 Å². The predicted octanol–water partition coefficient (Wildman–Crippen LogP) is 1.06. The first-order valence-corrected chi connectivity index (χ1v) is 4.42. The average Bonchev–Trinajstić information content (AvgIpc) is 1.89. The normalized spacial score (nSPS) is 10.0. The maximum absolute atomic E-state index is 5.29. The Kier molecular flexibility index (Phi) is 8.52. The van der Waals surface area contributed by atoms with Crippen LogP contribution in [0, 0.1) is 0 Å². The topological polar surface area (TPSA) is 35.2 Å². The van der Waals surface area contributed by atoms with Crippen LogP contribution in [0.25, 0.3) is 0 Å². The number of rotatable bonds is 6. The first-order valence-electron chi connectivity index (χ1n) is 3.27. The van der Waals surface area contributed by atoms with Gasteiger partial charge in [-0.2, -0.15) is 0 Å². The molecule has 0 bridgehead atoms. The van der Waals surface area contributed by atoms with Crippen molar-refractivity contribution in [1.29, 1.82) is 0 Å². The van der Waals surface area contributed by atoms with E-state index in [4.69, 9.17) is 10.5 Å². The molecule has 0 aromatic heterocycles. The van der Waals surface area contributed by atoms with E-state index < -0.39 is 0 Å². The van der Waals surface area contributed by atoms with Crippen molar-refractivity contribution in [2.45, 2.75) is 13.3 Å². The Labute approximate surface area is 61.1 Å². The highest BCUT2D eigenvalue weighted by Crippen LogP contribution is 2.00. The second kappa shape index (κ2) is 8.27. The zero-order valence-electron chi connectivity index (χ0n) is 5.93. The number of hydrogen-bond acceptors (Lipinski definition) is 3. The molecule has 0 heterocycles. The monoisotopic (exact) mass is 149 g/mol. The smallest absolute Gasteiger partial charge is 0.0920 e. The van der Waals surface area contributed by atoms with E-state index in [2.05, 4.69) is 0 Å². The van der Waals surface area contributed by atoms with Crippen molar-refractivity contribution in [2.24, 2.45) is 5.73 Å². The third-order valence-corrected chi connectivity index (χ3v) is 1.77. The highest BCUT2D eigenvalue weighted by Gasteiger charge is 1.85. The van der Waals surface area contributed by atoms with Gasteiger partial charge in [-0.25, -0.2) is 0 Å². The molecule has 0 aliphatic carbocycles. The van der Waals surface area contributed by atoms with E-state index in [1.54, 1.807) is 11.8 Å². The number of nitrogens with two attached hydrogens (primary N) is 1. The Morgan fingerprint density at radius 2 is 2.33 bits per heavy atom. The van der Waals surface area contributed by atoms with Gasteiger partial charge in [-0.3, -0.25) is 0 Å². The highest BCUT2D eigenvalue weighted by atomic mass is 32.2. The van der Waals surface area contributed by atoms with Gasteiger partial charge < -0.3 is 10.5 Å². The van der Waals surface area contributed by atoms with E-state index in [0.717, 1.165) is 31.3 Å². The van der Waals surface area contributed by atoms with Crippen LogP contribution in [0.4, 0.5) is 0 Å². The first-order chi connectivity index (χ1) is 4.41. The van der Waals surface area contributed by atoms with E-state index in [9.17, 15) is 0 Å². The molecule has 2 N–H and O–H groups in total. The maximum Gasteiger partial charge on any atom is 0.0920 e. The summed E-state index contributed by atoms with van der Waals surface area (Å²) in [6, 6.07) is 0. The number of hydrogen-bond donors (Lipinski definition) is 1. The largest absolute Gasteiger partial charge is 0.371 e. The van der Waals surface area contributed by atoms with Crippen LogP contribution in [-0.2, 0) is 4.74 Å². The molecule has 0 aliphatic heterocycles. The molecule has 2 nitrogen and oxygen atoms in total. The van der Waals surface area contributed by atoms with Crippen LogP contribution < -0.4 is 5.73 Å². The third-order valence-electron chi connectivity index (χ3n) is 0.864. The van der Waals surface area contributed by atoms with E-state index >= 15 is 0 Å². The van der Waals surface area contributed by atoms with Crippen molar-refractivity contribution in [3.8, 4) is 0 Å². The van der Waals surface area contributed by atoms with E-state index in [-0.39, 0.29) is 0 Å². The summed E-state index contributed by atoms with van der Waals surface area (Å²) in [6.07, 6.45) is 1.09. The SMILES string of the molecule is CCOCSCCCN. The summed E-state index contributed by atoms with van der Waals surface area (Å²) in [5.74, 6) is 1.94. The molecule has 0 radical (unpaired) electrons. The van der Waals surface area contributed by atoms with Crippen LogP contribution in [0.1, 0.15) is 13.3 Å². The Balaban J connectivity index is 2.60. The van der Waals surface area contributed by atoms with Crippen molar-refractivity contribution in [3.05, 3.63) is 0 Å². The zero-order valence-corrected chi connectivity index (χ0v) is 6.75. The molecule has 0 atom stereocenters. The lowest BCUT2D eigenvalue weighted by molar-refractivity contribution is 0.199. The lowest BCUT2D eigenvalue weighted by Gasteiger charge is -1.98. The molecule has 0 amide bonds. The Bertz CT molecular complexity index is 46.3. The molecule has 0 saturated heterocycles. The van der Waals surface area contributed by atoms with Crippen LogP contribution in [0.15, 0.2) is 0 Å². The number of ether oxygens (including phenoxy) is 1. The first kappa shape index (κ1) is 9.27. The Morgan fingerprint density at radius 1 is 1.56 bits per heavy atom. The van der Waals surface area contributed by atoms with E-state index in [1.807, 2.05) is 6.92 Å². The van der Waals surface area contributed by atoms with Gasteiger partial charge in [-0.15, -0.1) is 11.8 Å². The molecule has 0 rings (SSSR count). The average molecular weight is 149 g/mol. The molecule has 0 unspecified atom stereocenters. The van der Waals surface area contributed by atoms with Crippen molar-refractivity contribution >= 4 is 11.8 Å². The summed E-state index contributed by atoms with van der Waals surface area (Å²) in [7, 11) is 0. The lowest BCUT2D eigenvalue weighted by atomic mass is 10.5. The zero-order chi connectivity index (χ0) is 6.95. The maximum atomic E-state index is 5.29. The van der Waals surface area contributed by atoms with Gasteiger partial charge in [0.1, 0.15) is 0 Å². The summed E-state index contributed by atoms with van der Waals surface area (Å²) in [5.41, 5.74) is 5.29. The molecule has 0 aromatic carbocycles. The predicted molar refractivity (Wildman–Crippen MR) is 42.6 cm³/mol. The van der Waals surface area contributed by atoms with Gasteiger partial charge in [-0.05, 0) is 25.6 Å². The lowest BCUT2D eigenvalue weighted by Crippen LogP contribution is -2.00. The molecule has 9 heavy (non-hydrogen) atoms. The molecular weight excluding hydrogens is 134 g/mol. The van der Waals surface area contributed by atoms with Crippen LogP contribution in [0.2, 0.25) is 0 Å². The van der Waals surface area contributed by atoms with Gasteiger partial charge in [0.2, 0.25) is 0 Å². The summed E-state index contributed by atoms with van der Waals surface area (Å²) >= 11 is 1.80. The second-order valence-electron chi connectivity index (χ2n) is 1.66. The summed E-state index contributed by atoms with van der Waals surface area (Å²) < 4.78 is 5.10. The van der Waals surface area contributed by atoms with Gasteiger partial charge in [0.05, 0.1) is 5.94 Å². The second-order valence-corrected chi connectivity index (χ2v) is 2.71. The quantitative estimate of drug-likeness (QED) is 0.453. The Hall–Kier alpha value is 0.270. The minimum absolute atomic E-state index is 0.791. The molecule has 0 aliphatic rings. The molecule has 3 heteroatoms. The molecule has 56 valence electrons. The fraction of sp³-hybridized carbons (Fsp3) is 1.00. The van der Waals surface area contributed by atoms with Gasteiger partial charge in [0.25, 0.3) is 0 Å². The molecule has 0 saturated carbocycles. The molecule has 0 spiro atoms. The minimum Gasteiger partial charge on any atom is -0.371 e. The molecular formula is C6H15NOS. The van der Waals surface area contributed by atoms with Crippen molar-refractivity contribution in [2.75, 3.05) is 24.8 Å². The van der Waals surface area contributed by atoms with Gasteiger partial charge in [0, 0.05) is 6.61 Å². The summed E-state index contributed by atoms with van der Waals surface area (Å²) in [5, 5.41) is 0. The van der Waals surface area contributed by atoms with Gasteiger partial charge >= 0.3 is 0 Å². The van der Waals surface area contributed by atoms with Crippen LogP contribution in [0.5, 0.6) is 0 Å². The van der Waals surface area contributed by atoms with Crippen molar-refractivity contribution < 1.29 is 4.74 Å². The standard InChI is InChI=1S/C6H15NOS/c1-2-8-6-9-5-3-4-7/h2-7H2,1H3. The van der Waals surface area contributed by atoms with Crippen LogP contribution in [-0.4, -0.2) is 24.8 Å². The molecule has 0 aromatic rings. The fourth-order valence-corrected chi connectivity index (χ4v) is 1.16. The minimum atomic E-state index is 0.791. The summed E-state index contributed by atoms with van der Waals surface area (Å²) in [4.78, 5) is 0. The van der Waals surface area contributed by atoms with Crippen molar-refractivity contribution in [1.82, 2.24) is 0 Å². The fourth-order valence-electron chi connectivity index (χ4n) is 0.387. The number of thioether (sulfide) groups is 1.